The van der Waals surface area contributed by atoms with Crippen molar-refractivity contribution in [3.05, 3.63) is 59.7 Å². The highest BCUT2D eigenvalue weighted by Gasteiger charge is 2.32. The van der Waals surface area contributed by atoms with E-state index in [1.165, 1.54) is 19.4 Å². The minimum Gasteiger partial charge on any atom is -0.469 e. The van der Waals surface area contributed by atoms with Crippen LogP contribution in [0.1, 0.15) is 15.9 Å². The lowest BCUT2D eigenvalue weighted by Crippen LogP contribution is -2.55. The Morgan fingerprint density at radius 3 is 2.33 bits per heavy atom. The first kappa shape index (κ1) is 18.9. The number of methoxy groups -OCH3 is 2. The Balaban J connectivity index is 2.23. The summed E-state index contributed by atoms with van der Waals surface area (Å²) < 4.78 is 9.75. The van der Waals surface area contributed by atoms with Gasteiger partial charge in [-0.2, -0.15) is 0 Å². The van der Waals surface area contributed by atoms with Gasteiger partial charge in [-0.25, -0.2) is 4.79 Å². The number of benzene rings is 2. The minimum absolute atomic E-state index is 0.153. The van der Waals surface area contributed by atoms with Crippen LogP contribution in [0.2, 0.25) is 13.1 Å². The monoisotopic (exact) mass is 381 g/mol. The summed E-state index contributed by atoms with van der Waals surface area (Å²) in [6.07, 6.45) is 0.153. The summed E-state index contributed by atoms with van der Waals surface area (Å²) in [6.45, 7) is 4.49. The summed E-state index contributed by atoms with van der Waals surface area (Å²) in [6, 6.07) is 15.7. The fraction of sp³-hybridized carbons (Fsp3) is 0.238. The van der Waals surface area contributed by atoms with Crippen LogP contribution in [0.25, 0.3) is 10.9 Å². The van der Waals surface area contributed by atoms with Crippen LogP contribution < -0.4 is 10.5 Å². The number of carbonyl (C=O) groups excluding carboxylic acids is 2. The molecule has 5 nitrogen and oxygen atoms in total. The number of aromatic nitrogens is 1. The number of carbonyl (C=O) groups is 2. The van der Waals surface area contributed by atoms with E-state index in [2.05, 4.69) is 30.2 Å². The van der Waals surface area contributed by atoms with Gasteiger partial charge in [-0.15, -0.1) is 0 Å². The molecule has 0 spiro atoms. The number of nitrogens with one attached hydrogen (secondary N) is 1. The van der Waals surface area contributed by atoms with E-state index in [0.717, 1.165) is 21.8 Å². The molecule has 0 radical (unpaired) electrons. The van der Waals surface area contributed by atoms with Gasteiger partial charge in [0, 0.05) is 16.2 Å². The molecule has 0 aliphatic rings. The molecule has 3 rings (SSSR count). The maximum Gasteiger partial charge on any atom is 0.337 e. The molecule has 1 aromatic heterocycles. The van der Waals surface area contributed by atoms with Crippen molar-refractivity contribution in [3.8, 4) is 0 Å². The van der Waals surface area contributed by atoms with Crippen molar-refractivity contribution in [2.75, 3.05) is 14.2 Å². The summed E-state index contributed by atoms with van der Waals surface area (Å²) in [5, 5.41) is 3.18. The van der Waals surface area contributed by atoms with Crippen molar-refractivity contribution >= 4 is 41.4 Å². The maximum absolute atomic E-state index is 12.1. The number of hydrogen-bond donors (Lipinski definition) is 1. The molecular weight excluding hydrogens is 358 g/mol. The fourth-order valence-corrected chi connectivity index (χ4v) is 6.16. The number of H-pyrrole nitrogens is 1. The van der Waals surface area contributed by atoms with Crippen LogP contribution in [-0.4, -0.2) is 39.2 Å². The first-order valence-electron chi connectivity index (χ1n) is 8.74. The predicted molar refractivity (Wildman–Crippen MR) is 109 cm³/mol. The zero-order valence-corrected chi connectivity index (χ0v) is 17.0. The molecule has 0 aliphatic heterocycles. The second-order valence-electron chi connectivity index (χ2n) is 6.97. The normalized spacial score (nSPS) is 11.4. The van der Waals surface area contributed by atoms with E-state index >= 15 is 0 Å². The standard InChI is InChI=1S/C21H23NO4Si/c1-25-19(23)13-17-16-12-14(21(24)26-2)10-11-18(16)22-20(17)27(3,4)15-8-6-5-7-9-15/h5-12,22H,13H2,1-4H3. The van der Waals surface area contributed by atoms with Gasteiger partial charge in [0.15, 0.2) is 0 Å². The number of aromatic amines is 1. The van der Waals surface area contributed by atoms with Gasteiger partial charge in [0.1, 0.15) is 8.07 Å². The van der Waals surface area contributed by atoms with E-state index in [1.807, 2.05) is 24.3 Å². The van der Waals surface area contributed by atoms with Crippen LogP contribution in [-0.2, 0) is 20.7 Å². The molecule has 0 amide bonds. The summed E-state index contributed by atoms with van der Waals surface area (Å²) in [5.41, 5.74) is 2.25. The van der Waals surface area contributed by atoms with Gasteiger partial charge in [0.05, 0.1) is 26.2 Å². The van der Waals surface area contributed by atoms with Crippen LogP contribution in [0.3, 0.4) is 0 Å². The molecule has 6 heteroatoms. The molecule has 0 saturated carbocycles. The van der Waals surface area contributed by atoms with E-state index in [-0.39, 0.29) is 12.4 Å². The van der Waals surface area contributed by atoms with E-state index in [1.54, 1.807) is 12.1 Å². The zero-order chi connectivity index (χ0) is 19.6. The maximum atomic E-state index is 12.1. The molecule has 0 saturated heterocycles. The summed E-state index contributed by atoms with van der Waals surface area (Å²) in [7, 11) is 0.647. The first-order chi connectivity index (χ1) is 12.9. The number of hydrogen-bond acceptors (Lipinski definition) is 4. The molecule has 27 heavy (non-hydrogen) atoms. The van der Waals surface area contributed by atoms with Crippen LogP contribution in [0, 0.1) is 0 Å². The lowest BCUT2D eigenvalue weighted by atomic mass is 10.1. The third-order valence-electron chi connectivity index (χ3n) is 5.00. The Kier molecular flexibility index (Phi) is 5.19. The highest BCUT2D eigenvalue weighted by Crippen LogP contribution is 2.23. The van der Waals surface area contributed by atoms with Gasteiger partial charge < -0.3 is 14.5 Å². The molecule has 0 fully saturated rings. The van der Waals surface area contributed by atoms with E-state index in [0.29, 0.717) is 5.56 Å². The number of ether oxygens (including phenoxy) is 2. The van der Waals surface area contributed by atoms with Crippen LogP contribution in [0.15, 0.2) is 48.5 Å². The number of rotatable bonds is 5. The molecule has 0 bridgehead atoms. The SMILES string of the molecule is COC(=O)Cc1c([Si](C)(C)c2ccccc2)[nH]c2ccc(C(=O)OC)cc12. The first-order valence-corrected chi connectivity index (χ1v) is 11.7. The molecule has 2 aromatic carbocycles. The zero-order valence-electron chi connectivity index (χ0n) is 16.0. The lowest BCUT2D eigenvalue weighted by molar-refractivity contribution is -0.139. The largest absolute Gasteiger partial charge is 0.469 e. The van der Waals surface area contributed by atoms with Crippen molar-refractivity contribution in [1.82, 2.24) is 4.98 Å². The van der Waals surface area contributed by atoms with E-state index in [9.17, 15) is 9.59 Å². The van der Waals surface area contributed by atoms with Crippen molar-refractivity contribution in [1.29, 1.82) is 0 Å². The molecule has 0 atom stereocenters. The van der Waals surface area contributed by atoms with Gasteiger partial charge >= 0.3 is 11.9 Å². The van der Waals surface area contributed by atoms with Gasteiger partial charge in [0.2, 0.25) is 0 Å². The predicted octanol–water partition coefficient (Wildman–Crippen LogP) is 2.49. The number of esters is 2. The van der Waals surface area contributed by atoms with Crippen molar-refractivity contribution in [2.24, 2.45) is 0 Å². The molecule has 0 aliphatic carbocycles. The fourth-order valence-electron chi connectivity index (χ4n) is 3.43. The van der Waals surface area contributed by atoms with Crippen molar-refractivity contribution in [3.63, 3.8) is 0 Å². The average Bonchev–Trinajstić information content (AvgIpc) is 3.06. The molecule has 3 aromatic rings. The average molecular weight is 382 g/mol. The Morgan fingerprint density at radius 2 is 1.70 bits per heavy atom. The van der Waals surface area contributed by atoms with E-state index < -0.39 is 14.0 Å². The Bertz CT molecular complexity index is 992. The van der Waals surface area contributed by atoms with Gasteiger partial charge in [-0.1, -0.05) is 48.6 Å². The highest BCUT2D eigenvalue weighted by molar-refractivity contribution is 7.00. The van der Waals surface area contributed by atoms with Crippen molar-refractivity contribution in [2.45, 2.75) is 19.5 Å². The van der Waals surface area contributed by atoms with Gasteiger partial charge in [0.25, 0.3) is 0 Å². The Labute approximate surface area is 159 Å². The lowest BCUT2D eigenvalue weighted by Gasteiger charge is -2.23. The third kappa shape index (κ3) is 3.53. The quantitative estimate of drug-likeness (QED) is 0.545. The molecule has 140 valence electrons. The second kappa shape index (κ2) is 7.40. The summed E-state index contributed by atoms with van der Waals surface area (Å²) in [5.74, 6) is -0.707. The third-order valence-corrected chi connectivity index (χ3v) is 8.45. The Morgan fingerprint density at radius 1 is 1.00 bits per heavy atom. The summed E-state index contributed by atoms with van der Waals surface area (Å²) >= 11 is 0. The van der Waals surface area contributed by atoms with Crippen molar-refractivity contribution < 1.29 is 19.1 Å². The highest BCUT2D eigenvalue weighted by atomic mass is 28.3. The van der Waals surface area contributed by atoms with Gasteiger partial charge in [-0.3, -0.25) is 4.79 Å². The molecule has 1 N–H and O–H groups in total. The molecule has 0 unspecified atom stereocenters. The van der Waals surface area contributed by atoms with Gasteiger partial charge in [-0.05, 0) is 23.8 Å². The second-order valence-corrected chi connectivity index (χ2v) is 11.3. The summed E-state index contributed by atoms with van der Waals surface area (Å²) in [4.78, 5) is 27.6. The van der Waals surface area contributed by atoms with E-state index in [4.69, 9.17) is 9.47 Å². The minimum atomic E-state index is -2.10. The molecular formula is C21H23NO4Si. The van der Waals surface area contributed by atoms with Crippen LogP contribution >= 0.6 is 0 Å². The topological polar surface area (TPSA) is 68.4 Å². The smallest absolute Gasteiger partial charge is 0.337 e. The van der Waals surface area contributed by atoms with Crippen LogP contribution in [0.4, 0.5) is 0 Å². The van der Waals surface area contributed by atoms with Crippen LogP contribution in [0.5, 0.6) is 0 Å². The molecule has 1 heterocycles. The Hall–Kier alpha value is -2.86. The number of fused-ring (bicyclic) bond motifs is 1.